The number of morpholine rings is 1. The Labute approximate surface area is 248 Å². The number of benzene rings is 2. The van der Waals surface area contributed by atoms with Crippen molar-refractivity contribution in [1.29, 1.82) is 0 Å². The molecule has 2 aliphatic rings. The van der Waals surface area contributed by atoms with Gasteiger partial charge in [-0.15, -0.1) is 11.3 Å². The van der Waals surface area contributed by atoms with Crippen LogP contribution < -0.4 is 9.62 Å². The van der Waals surface area contributed by atoms with Crippen molar-refractivity contribution in [2.75, 3.05) is 56.1 Å². The molecule has 0 spiro atoms. The van der Waals surface area contributed by atoms with E-state index in [-0.39, 0.29) is 29.5 Å². The highest BCUT2D eigenvalue weighted by Gasteiger charge is 2.33. The molecule has 2 aliphatic heterocycles. The lowest BCUT2D eigenvalue weighted by atomic mass is 10.0. The van der Waals surface area contributed by atoms with E-state index in [1.165, 1.54) is 47.0 Å². The summed E-state index contributed by atoms with van der Waals surface area (Å²) in [6.45, 7) is 4.44. The van der Waals surface area contributed by atoms with Crippen molar-refractivity contribution in [2.24, 2.45) is 0 Å². The zero-order valence-electron chi connectivity index (χ0n) is 23.4. The number of hydrogen-bond acceptors (Lipinski definition) is 8. The van der Waals surface area contributed by atoms with Crippen molar-refractivity contribution in [3.63, 3.8) is 0 Å². The molecule has 5 rings (SSSR count). The smallest absolute Gasteiger partial charge is 0.410 e. The van der Waals surface area contributed by atoms with Crippen molar-refractivity contribution in [3.05, 3.63) is 76.2 Å². The number of sulfonamides is 1. The Bertz CT molecular complexity index is 1570. The molecule has 0 radical (unpaired) electrons. The summed E-state index contributed by atoms with van der Waals surface area (Å²) >= 11 is 1.26. The largest absolute Gasteiger partial charge is 0.450 e. The SMILES string of the molecule is CCOC(=O)N1CCc2c(sc(NC(=O)c3ccc(S(=O)(=O)N(C)c4ccccc4)cc3)c2C(=O)N2CCOCC2)C1. The molecule has 1 aromatic heterocycles. The highest BCUT2D eigenvalue weighted by Crippen LogP contribution is 2.38. The topological polar surface area (TPSA) is 126 Å². The summed E-state index contributed by atoms with van der Waals surface area (Å²) < 4.78 is 38.0. The first kappa shape index (κ1) is 29.5. The van der Waals surface area contributed by atoms with Crippen LogP contribution >= 0.6 is 11.3 Å². The molecule has 0 saturated carbocycles. The van der Waals surface area contributed by atoms with Crippen LogP contribution in [0, 0.1) is 0 Å². The fourth-order valence-corrected chi connectivity index (χ4v) is 7.35. The van der Waals surface area contributed by atoms with Gasteiger partial charge in [-0.25, -0.2) is 13.2 Å². The van der Waals surface area contributed by atoms with E-state index in [0.717, 1.165) is 10.4 Å². The number of carbonyl (C=O) groups is 3. The fraction of sp³-hybridized carbons (Fsp3) is 0.345. The van der Waals surface area contributed by atoms with Crippen LogP contribution in [-0.4, -0.2) is 82.6 Å². The normalized spacial score (nSPS) is 15.1. The van der Waals surface area contributed by atoms with Crippen LogP contribution in [0.1, 0.15) is 38.1 Å². The molecule has 0 unspecified atom stereocenters. The van der Waals surface area contributed by atoms with E-state index in [0.29, 0.717) is 55.5 Å². The number of nitrogens with zero attached hydrogens (tertiary/aromatic N) is 3. The Morgan fingerprint density at radius 3 is 2.36 bits per heavy atom. The van der Waals surface area contributed by atoms with Crippen LogP contribution in [0.25, 0.3) is 0 Å². The van der Waals surface area contributed by atoms with Gasteiger partial charge >= 0.3 is 6.09 Å². The number of thiophene rings is 1. The van der Waals surface area contributed by atoms with Crippen molar-refractivity contribution < 1.29 is 32.3 Å². The van der Waals surface area contributed by atoms with Crippen LogP contribution in [0.2, 0.25) is 0 Å². The van der Waals surface area contributed by atoms with Gasteiger partial charge < -0.3 is 24.6 Å². The molecule has 2 aromatic carbocycles. The van der Waals surface area contributed by atoms with E-state index >= 15 is 0 Å². The molecule has 3 aromatic rings. The minimum Gasteiger partial charge on any atom is -0.450 e. The molecule has 0 bridgehead atoms. The second kappa shape index (κ2) is 12.5. The van der Waals surface area contributed by atoms with Gasteiger partial charge in [0.15, 0.2) is 0 Å². The molecule has 1 N–H and O–H groups in total. The number of carbonyl (C=O) groups excluding carboxylic acids is 3. The highest BCUT2D eigenvalue weighted by molar-refractivity contribution is 7.92. The number of rotatable bonds is 7. The van der Waals surface area contributed by atoms with Gasteiger partial charge in [0.25, 0.3) is 21.8 Å². The summed E-state index contributed by atoms with van der Waals surface area (Å²) in [4.78, 5) is 43.5. The molecule has 42 heavy (non-hydrogen) atoms. The van der Waals surface area contributed by atoms with Gasteiger partial charge in [-0.05, 0) is 55.3 Å². The summed E-state index contributed by atoms with van der Waals surface area (Å²) in [5.74, 6) is -0.673. The molecular formula is C29H32N4O7S2. The molecule has 0 atom stereocenters. The van der Waals surface area contributed by atoms with Crippen LogP contribution in [0.5, 0.6) is 0 Å². The van der Waals surface area contributed by atoms with Crippen LogP contribution in [-0.2, 0) is 32.5 Å². The Kier molecular flexibility index (Phi) is 8.80. The van der Waals surface area contributed by atoms with E-state index in [4.69, 9.17) is 9.47 Å². The third-order valence-electron chi connectivity index (χ3n) is 7.22. The number of nitrogens with one attached hydrogen (secondary N) is 1. The molecular weight excluding hydrogens is 580 g/mol. The lowest BCUT2D eigenvalue weighted by molar-refractivity contribution is 0.0303. The first-order valence-electron chi connectivity index (χ1n) is 13.6. The maximum Gasteiger partial charge on any atom is 0.410 e. The minimum absolute atomic E-state index is 0.0410. The fourth-order valence-electron chi connectivity index (χ4n) is 4.90. The van der Waals surface area contributed by atoms with Crippen molar-refractivity contribution in [1.82, 2.24) is 9.80 Å². The van der Waals surface area contributed by atoms with E-state index < -0.39 is 22.0 Å². The van der Waals surface area contributed by atoms with Gasteiger partial charge in [-0.3, -0.25) is 13.9 Å². The van der Waals surface area contributed by atoms with E-state index in [9.17, 15) is 22.8 Å². The molecule has 1 fully saturated rings. The van der Waals surface area contributed by atoms with Gasteiger partial charge in [0.1, 0.15) is 5.00 Å². The zero-order valence-corrected chi connectivity index (χ0v) is 25.0. The molecule has 3 heterocycles. The Balaban J connectivity index is 1.39. The Hall–Kier alpha value is -3.94. The second-order valence-corrected chi connectivity index (χ2v) is 12.8. The lowest BCUT2D eigenvalue weighted by Crippen LogP contribution is -2.41. The molecule has 222 valence electrons. The second-order valence-electron chi connectivity index (χ2n) is 9.77. The Morgan fingerprint density at radius 1 is 1.00 bits per heavy atom. The number of hydrogen-bond donors (Lipinski definition) is 1. The number of para-hydroxylation sites is 1. The van der Waals surface area contributed by atoms with Gasteiger partial charge in [0.05, 0.1) is 42.5 Å². The highest BCUT2D eigenvalue weighted by atomic mass is 32.2. The maximum atomic E-state index is 13.7. The number of amides is 3. The summed E-state index contributed by atoms with van der Waals surface area (Å²) in [6, 6.07) is 14.4. The Morgan fingerprint density at radius 2 is 1.69 bits per heavy atom. The summed E-state index contributed by atoms with van der Waals surface area (Å²) in [5, 5.41) is 3.28. The average molecular weight is 613 g/mol. The predicted molar refractivity (Wildman–Crippen MR) is 159 cm³/mol. The van der Waals surface area contributed by atoms with E-state index in [2.05, 4.69) is 5.32 Å². The first-order valence-corrected chi connectivity index (χ1v) is 15.8. The van der Waals surface area contributed by atoms with Crippen LogP contribution in [0.3, 0.4) is 0 Å². The van der Waals surface area contributed by atoms with Crippen molar-refractivity contribution >= 4 is 50.0 Å². The first-order chi connectivity index (χ1) is 20.2. The maximum absolute atomic E-state index is 13.7. The van der Waals surface area contributed by atoms with E-state index in [1.807, 2.05) is 0 Å². The van der Waals surface area contributed by atoms with E-state index in [1.54, 1.807) is 47.1 Å². The molecule has 13 heteroatoms. The van der Waals surface area contributed by atoms with Gasteiger partial charge in [0, 0.05) is 37.1 Å². The van der Waals surface area contributed by atoms with Crippen molar-refractivity contribution in [2.45, 2.75) is 24.8 Å². The zero-order chi connectivity index (χ0) is 29.9. The van der Waals surface area contributed by atoms with Crippen molar-refractivity contribution in [3.8, 4) is 0 Å². The average Bonchev–Trinajstić information content (AvgIpc) is 3.38. The molecule has 3 amide bonds. The van der Waals surface area contributed by atoms with Gasteiger partial charge in [-0.2, -0.15) is 0 Å². The summed E-state index contributed by atoms with van der Waals surface area (Å²) in [7, 11) is -2.37. The number of ether oxygens (including phenoxy) is 2. The van der Waals surface area contributed by atoms with Crippen LogP contribution in [0.15, 0.2) is 59.5 Å². The predicted octanol–water partition coefficient (Wildman–Crippen LogP) is 3.81. The number of fused-ring (bicyclic) bond motifs is 1. The number of anilines is 2. The monoisotopic (exact) mass is 612 g/mol. The lowest BCUT2D eigenvalue weighted by Gasteiger charge is -2.29. The third-order valence-corrected chi connectivity index (χ3v) is 10.1. The third kappa shape index (κ3) is 5.98. The minimum atomic E-state index is -3.84. The molecule has 11 nitrogen and oxygen atoms in total. The summed E-state index contributed by atoms with van der Waals surface area (Å²) in [5.41, 5.74) is 2.00. The summed E-state index contributed by atoms with van der Waals surface area (Å²) in [6.07, 6.45) is 0.0316. The standard InChI is InChI=1S/C29H32N4O7S2/c1-3-40-29(36)33-14-13-23-24(19-33)41-27(25(23)28(35)32-15-17-39-18-16-32)30-26(34)20-9-11-22(12-10-20)42(37,38)31(2)21-7-5-4-6-8-21/h4-12H,3,13-19H2,1-2H3,(H,30,34). The quantitative estimate of drug-likeness (QED) is 0.430. The van der Waals surface area contributed by atoms with Crippen LogP contribution in [0.4, 0.5) is 15.5 Å². The molecule has 0 aliphatic carbocycles. The molecule has 1 saturated heterocycles. The van der Waals surface area contributed by atoms with Gasteiger partial charge in [0.2, 0.25) is 0 Å². The van der Waals surface area contributed by atoms with Gasteiger partial charge in [-0.1, -0.05) is 18.2 Å².